The third-order valence-corrected chi connectivity index (χ3v) is 2.96. The molecule has 90 valence electrons. The van der Waals surface area contributed by atoms with E-state index < -0.39 is 0 Å². The van der Waals surface area contributed by atoms with Crippen LogP contribution in [0.15, 0.2) is 42.5 Å². The summed E-state index contributed by atoms with van der Waals surface area (Å²) in [6.07, 6.45) is 0. The smallest absolute Gasteiger partial charge is 0.205 e. The molecule has 5 heteroatoms. The average molecular weight is 262 g/mol. The van der Waals surface area contributed by atoms with Gasteiger partial charge in [-0.15, -0.1) is 0 Å². The Labute approximate surface area is 108 Å². The first-order valence-corrected chi connectivity index (χ1v) is 5.72. The van der Waals surface area contributed by atoms with Crippen LogP contribution in [-0.2, 0) is 0 Å². The SMILES string of the molecule is Nc1nc2ccc(Cl)cc2n1-c1ccc(F)cc1. The van der Waals surface area contributed by atoms with Crippen LogP contribution in [-0.4, -0.2) is 9.55 Å². The fraction of sp³-hybridized carbons (Fsp3) is 0. The maximum absolute atomic E-state index is 12.9. The zero-order valence-corrected chi connectivity index (χ0v) is 10.0. The number of halogens is 2. The Morgan fingerprint density at radius 2 is 1.83 bits per heavy atom. The lowest BCUT2D eigenvalue weighted by Crippen LogP contribution is -2.00. The minimum Gasteiger partial charge on any atom is -0.369 e. The fourth-order valence-electron chi connectivity index (χ4n) is 1.93. The van der Waals surface area contributed by atoms with Gasteiger partial charge in [0, 0.05) is 10.7 Å². The lowest BCUT2D eigenvalue weighted by Gasteiger charge is -2.06. The molecular weight excluding hydrogens is 253 g/mol. The van der Waals surface area contributed by atoms with E-state index in [1.54, 1.807) is 34.9 Å². The monoisotopic (exact) mass is 261 g/mol. The van der Waals surface area contributed by atoms with Gasteiger partial charge in [-0.05, 0) is 42.5 Å². The third kappa shape index (κ3) is 1.71. The molecule has 3 aromatic rings. The summed E-state index contributed by atoms with van der Waals surface area (Å²) < 4.78 is 14.7. The summed E-state index contributed by atoms with van der Waals surface area (Å²) in [5.74, 6) is 0.0543. The van der Waals surface area contributed by atoms with Gasteiger partial charge in [-0.1, -0.05) is 11.6 Å². The molecule has 0 radical (unpaired) electrons. The summed E-state index contributed by atoms with van der Waals surface area (Å²) in [7, 11) is 0. The van der Waals surface area contributed by atoms with Gasteiger partial charge in [0.15, 0.2) is 0 Å². The van der Waals surface area contributed by atoms with E-state index in [0.29, 0.717) is 11.0 Å². The number of nitrogens with two attached hydrogens (primary N) is 1. The number of anilines is 1. The molecule has 1 heterocycles. The fourth-order valence-corrected chi connectivity index (χ4v) is 2.09. The lowest BCUT2D eigenvalue weighted by molar-refractivity contribution is 0.627. The predicted molar refractivity (Wildman–Crippen MR) is 70.5 cm³/mol. The number of fused-ring (bicyclic) bond motifs is 1. The molecule has 0 amide bonds. The summed E-state index contributed by atoms with van der Waals surface area (Å²) in [4.78, 5) is 4.24. The first-order valence-electron chi connectivity index (χ1n) is 5.34. The van der Waals surface area contributed by atoms with Gasteiger partial charge in [-0.2, -0.15) is 0 Å². The molecule has 1 aromatic heterocycles. The van der Waals surface area contributed by atoms with E-state index in [1.165, 1.54) is 12.1 Å². The number of rotatable bonds is 1. The van der Waals surface area contributed by atoms with Crippen molar-refractivity contribution >= 4 is 28.6 Å². The van der Waals surface area contributed by atoms with Gasteiger partial charge in [0.05, 0.1) is 11.0 Å². The zero-order valence-electron chi connectivity index (χ0n) is 9.27. The van der Waals surface area contributed by atoms with Gasteiger partial charge in [0.2, 0.25) is 5.95 Å². The molecule has 0 atom stereocenters. The Bertz CT molecular complexity index is 719. The van der Waals surface area contributed by atoms with Crippen LogP contribution in [0.2, 0.25) is 5.02 Å². The Balaban J connectivity index is 2.30. The molecule has 0 saturated heterocycles. The summed E-state index contributed by atoms with van der Waals surface area (Å²) in [6, 6.07) is 11.4. The van der Waals surface area contributed by atoms with Crippen molar-refractivity contribution in [3.05, 3.63) is 53.3 Å². The number of hydrogen-bond acceptors (Lipinski definition) is 2. The van der Waals surface area contributed by atoms with Gasteiger partial charge in [0.25, 0.3) is 0 Å². The second-order valence-electron chi connectivity index (χ2n) is 3.91. The number of aromatic nitrogens is 2. The lowest BCUT2D eigenvalue weighted by atomic mass is 10.2. The molecule has 0 spiro atoms. The number of imidazole rings is 1. The van der Waals surface area contributed by atoms with Crippen LogP contribution < -0.4 is 5.73 Å². The van der Waals surface area contributed by atoms with Gasteiger partial charge in [-0.25, -0.2) is 9.37 Å². The van der Waals surface area contributed by atoms with Crippen molar-refractivity contribution in [1.29, 1.82) is 0 Å². The maximum atomic E-state index is 12.9. The summed E-state index contributed by atoms with van der Waals surface area (Å²) in [5.41, 5.74) is 8.19. The minimum atomic E-state index is -0.292. The first kappa shape index (κ1) is 11.0. The molecule has 0 aliphatic rings. The minimum absolute atomic E-state index is 0.292. The van der Waals surface area contributed by atoms with E-state index in [2.05, 4.69) is 4.98 Å². The van der Waals surface area contributed by atoms with Crippen LogP contribution in [0.25, 0.3) is 16.7 Å². The standard InChI is InChI=1S/C13H9ClFN3/c14-8-1-6-11-12(7-8)18(13(16)17-11)10-4-2-9(15)3-5-10/h1-7H,(H2,16,17). The van der Waals surface area contributed by atoms with E-state index in [9.17, 15) is 4.39 Å². The van der Waals surface area contributed by atoms with Crippen molar-refractivity contribution in [3.63, 3.8) is 0 Å². The van der Waals surface area contributed by atoms with E-state index in [0.717, 1.165) is 16.7 Å². The number of hydrogen-bond donors (Lipinski definition) is 1. The van der Waals surface area contributed by atoms with Gasteiger partial charge in [0.1, 0.15) is 5.82 Å². The third-order valence-electron chi connectivity index (χ3n) is 2.73. The maximum Gasteiger partial charge on any atom is 0.205 e. The van der Waals surface area contributed by atoms with Gasteiger partial charge in [-0.3, -0.25) is 4.57 Å². The molecule has 0 saturated carbocycles. The van der Waals surface area contributed by atoms with Crippen molar-refractivity contribution in [2.24, 2.45) is 0 Å². The Morgan fingerprint density at radius 1 is 1.11 bits per heavy atom. The highest BCUT2D eigenvalue weighted by atomic mass is 35.5. The summed E-state index contributed by atoms with van der Waals surface area (Å²) in [6.45, 7) is 0. The van der Waals surface area contributed by atoms with Crippen molar-refractivity contribution in [1.82, 2.24) is 9.55 Å². The molecule has 3 nitrogen and oxygen atoms in total. The van der Waals surface area contributed by atoms with E-state index >= 15 is 0 Å². The summed E-state index contributed by atoms with van der Waals surface area (Å²) >= 11 is 5.97. The van der Waals surface area contributed by atoms with Gasteiger partial charge >= 0.3 is 0 Å². The molecule has 0 aliphatic heterocycles. The largest absolute Gasteiger partial charge is 0.369 e. The molecule has 2 N–H and O–H groups in total. The van der Waals surface area contributed by atoms with Crippen LogP contribution in [0.4, 0.5) is 10.3 Å². The van der Waals surface area contributed by atoms with Crippen LogP contribution >= 0.6 is 11.6 Å². The van der Waals surface area contributed by atoms with E-state index in [1.807, 2.05) is 0 Å². The molecule has 18 heavy (non-hydrogen) atoms. The molecule has 0 unspecified atom stereocenters. The predicted octanol–water partition coefficient (Wildman–Crippen LogP) is 3.40. The number of nitrogens with zero attached hydrogens (tertiary/aromatic N) is 2. The molecule has 3 rings (SSSR count). The molecule has 0 fully saturated rings. The number of nitrogen functional groups attached to an aromatic ring is 1. The van der Waals surface area contributed by atoms with Crippen LogP contribution in [0.3, 0.4) is 0 Å². The molecule has 2 aromatic carbocycles. The highest BCUT2D eigenvalue weighted by Gasteiger charge is 2.10. The molecule has 0 bridgehead atoms. The van der Waals surface area contributed by atoms with Crippen molar-refractivity contribution in [2.45, 2.75) is 0 Å². The normalized spacial score (nSPS) is 11.0. The topological polar surface area (TPSA) is 43.8 Å². The Morgan fingerprint density at radius 3 is 2.56 bits per heavy atom. The Hall–Kier alpha value is -2.07. The zero-order chi connectivity index (χ0) is 12.7. The second-order valence-corrected chi connectivity index (χ2v) is 4.35. The first-order chi connectivity index (χ1) is 8.65. The van der Waals surface area contributed by atoms with E-state index in [4.69, 9.17) is 17.3 Å². The van der Waals surface area contributed by atoms with Gasteiger partial charge < -0.3 is 5.73 Å². The van der Waals surface area contributed by atoms with Crippen LogP contribution in [0, 0.1) is 5.82 Å². The van der Waals surface area contributed by atoms with E-state index in [-0.39, 0.29) is 5.82 Å². The van der Waals surface area contributed by atoms with Crippen LogP contribution in [0.1, 0.15) is 0 Å². The highest BCUT2D eigenvalue weighted by Crippen LogP contribution is 2.25. The Kier molecular flexibility index (Phi) is 2.45. The summed E-state index contributed by atoms with van der Waals surface area (Å²) in [5, 5.41) is 0.603. The van der Waals surface area contributed by atoms with Crippen molar-refractivity contribution in [3.8, 4) is 5.69 Å². The van der Waals surface area contributed by atoms with Crippen LogP contribution in [0.5, 0.6) is 0 Å². The quantitative estimate of drug-likeness (QED) is 0.730. The van der Waals surface area contributed by atoms with Crippen molar-refractivity contribution < 1.29 is 4.39 Å². The van der Waals surface area contributed by atoms with Crippen molar-refractivity contribution in [2.75, 3.05) is 5.73 Å². The average Bonchev–Trinajstić information content (AvgIpc) is 2.66. The second kappa shape index (κ2) is 3.99. The molecule has 0 aliphatic carbocycles. The highest BCUT2D eigenvalue weighted by molar-refractivity contribution is 6.31. The number of benzene rings is 2. The molecular formula is C13H9ClFN3.